The predicted molar refractivity (Wildman–Crippen MR) is 25.6 cm³/mol. The summed E-state index contributed by atoms with van der Waals surface area (Å²) in [5, 5.41) is 0. The maximum atomic E-state index is 8.39. The zero-order chi connectivity index (χ0) is 4.00. The quantitative estimate of drug-likeness (QED) is 0.299. The van der Waals surface area contributed by atoms with E-state index < -0.39 is 0 Å². The van der Waals surface area contributed by atoms with Gasteiger partial charge >= 0.3 is 23.1 Å². The van der Waals surface area contributed by atoms with Crippen molar-refractivity contribution in [3.05, 3.63) is 0 Å². The van der Waals surface area contributed by atoms with Crippen LogP contribution in [0.4, 0.5) is 0 Å². The van der Waals surface area contributed by atoms with Gasteiger partial charge in [0.05, 0.1) is 0 Å². The minimum Gasteiger partial charge on any atom is -0.865 e. The zero-order valence-electron chi connectivity index (χ0n) is 3.52. The van der Waals surface area contributed by atoms with E-state index in [0.29, 0.717) is 0 Å². The summed E-state index contributed by atoms with van der Waals surface area (Å²) in [4.78, 5) is 16.8. The Balaban J connectivity index is -0.0000000133. The fraction of sp³-hybridized carbons (Fsp3) is 0. The van der Waals surface area contributed by atoms with Crippen molar-refractivity contribution < 1.29 is 9.59 Å². The molecule has 28 valence electrons. The Morgan fingerprint density at radius 2 is 0.800 bits per heavy atom. The van der Waals surface area contributed by atoms with Crippen LogP contribution in [-0.4, -0.2) is 44.0 Å². The van der Waals surface area contributed by atoms with Crippen molar-refractivity contribution >= 4 is 44.0 Å². The van der Waals surface area contributed by atoms with E-state index in [1.807, 2.05) is 0 Å². The minimum absolute atomic E-state index is 0. The molecule has 0 saturated heterocycles. The van der Waals surface area contributed by atoms with Crippen molar-refractivity contribution in [2.75, 3.05) is 0 Å². The van der Waals surface area contributed by atoms with Gasteiger partial charge in [0, 0.05) is 0 Å². The van der Waals surface area contributed by atoms with Gasteiger partial charge in [-0.25, -0.2) is 0 Å². The molecule has 2 nitrogen and oxygen atoms in total. The van der Waals surface area contributed by atoms with Crippen LogP contribution in [0.2, 0.25) is 0 Å². The summed E-state index contributed by atoms with van der Waals surface area (Å²) < 4.78 is 0. The van der Waals surface area contributed by atoms with Crippen LogP contribution in [0.25, 0.3) is 0 Å². The van der Waals surface area contributed by atoms with Crippen LogP contribution in [0.1, 0.15) is 0 Å². The molecule has 0 spiro atoms. The SMILES string of the molecule is [Mg+2].[O-][SiH3].[O-][SiH3]. The van der Waals surface area contributed by atoms with Crippen LogP contribution >= 0.6 is 0 Å². The van der Waals surface area contributed by atoms with Gasteiger partial charge in [-0.3, -0.25) is 0 Å². The van der Waals surface area contributed by atoms with Gasteiger partial charge in [0.25, 0.3) is 0 Å². The van der Waals surface area contributed by atoms with E-state index in [0.717, 1.165) is 0 Å². The van der Waals surface area contributed by atoms with Gasteiger partial charge in [-0.1, -0.05) is 21.0 Å². The molecule has 0 bridgehead atoms. The van der Waals surface area contributed by atoms with Crippen molar-refractivity contribution in [2.45, 2.75) is 0 Å². The molecular formula is H6MgO2Si2. The third-order valence-electron chi connectivity index (χ3n) is 0. The maximum Gasteiger partial charge on any atom is 2.00 e. The molecule has 0 heterocycles. The number of hydrogen-bond donors (Lipinski definition) is 0. The molecule has 0 N–H and O–H groups in total. The second-order valence-electron chi connectivity index (χ2n) is 0. The van der Waals surface area contributed by atoms with Crippen molar-refractivity contribution in [2.24, 2.45) is 0 Å². The van der Waals surface area contributed by atoms with Crippen LogP contribution in [0.3, 0.4) is 0 Å². The smallest absolute Gasteiger partial charge is 0.865 e. The maximum absolute atomic E-state index is 8.39. The van der Waals surface area contributed by atoms with Gasteiger partial charge in [-0.15, -0.1) is 0 Å². The zero-order valence-corrected chi connectivity index (χ0v) is 8.94. The Labute approximate surface area is 53.8 Å². The normalized spacial score (nSPS) is 3.60. The Bertz CT molecular complexity index is 7.61. The molecule has 0 aliphatic heterocycles. The van der Waals surface area contributed by atoms with Crippen LogP contribution in [0, 0.1) is 0 Å². The van der Waals surface area contributed by atoms with E-state index >= 15 is 0 Å². The first kappa shape index (κ1) is 16.5. The van der Waals surface area contributed by atoms with Gasteiger partial charge in [-0.05, 0) is 0 Å². The van der Waals surface area contributed by atoms with E-state index in [1.165, 1.54) is 0 Å². The Morgan fingerprint density at radius 1 is 0.800 bits per heavy atom. The summed E-state index contributed by atoms with van der Waals surface area (Å²) in [7, 11) is 0.111. The summed E-state index contributed by atoms with van der Waals surface area (Å²) in [6.07, 6.45) is 0. The molecule has 0 radical (unpaired) electrons. The van der Waals surface area contributed by atoms with Gasteiger partial charge in [0.15, 0.2) is 0 Å². The fourth-order valence-electron chi connectivity index (χ4n) is 0. The largest absolute Gasteiger partial charge is 2.00 e. The molecule has 0 atom stereocenters. The third kappa shape index (κ3) is 39.7. The fourth-order valence-corrected chi connectivity index (χ4v) is 0. The first-order valence-corrected chi connectivity index (χ1v) is 2.45. The van der Waals surface area contributed by atoms with Crippen molar-refractivity contribution in [3.63, 3.8) is 0 Å². The van der Waals surface area contributed by atoms with Gasteiger partial charge < -0.3 is 9.59 Å². The van der Waals surface area contributed by atoms with Crippen LogP contribution in [0.5, 0.6) is 0 Å². The molecular weight excluding hydrogens is 112 g/mol. The summed E-state index contributed by atoms with van der Waals surface area (Å²) in [5.41, 5.74) is 0. The van der Waals surface area contributed by atoms with Crippen molar-refractivity contribution in [3.8, 4) is 0 Å². The second-order valence-corrected chi connectivity index (χ2v) is 0. The molecule has 0 aliphatic rings. The number of hydrogen-bond acceptors (Lipinski definition) is 2. The molecule has 0 aromatic heterocycles. The van der Waals surface area contributed by atoms with Gasteiger partial charge in [-0.2, -0.15) is 0 Å². The van der Waals surface area contributed by atoms with Crippen LogP contribution < -0.4 is 9.59 Å². The summed E-state index contributed by atoms with van der Waals surface area (Å²) in [6.45, 7) is 0. The molecule has 0 aromatic rings. The van der Waals surface area contributed by atoms with E-state index in [9.17, 15) is 0 Å². The van der Waals surface area contributed by atoms with Gasteiger partial charge in [0.2, 0.25) is 0 Å². The first-order valence-electron chi connectivity index (χ1n) is 0.816. The first-order chi connectivity index (χ1) is 2.00. The van der Waals surface area contributed by atoms with E-state index in [2.05, 4.69) is 0 Å². The topological polar surface area (TPSA) is 46.1 Å². The molecule has 0 amide bonds. The average molecular weight is 119 g/mol. The molecule has 0 unspecified atom stereocenters. The Morgan fingerprint density at radius 3 is 0.800 bits per heavy atom. The summed E-state index contributed by atoms with van der Waals surface area (Å²) in [5.74, 6) is 0. The van der Waals surface area contributed by atoms with E-state index in [4.69, 9.17) is 9.59 Å². The van der Waals surface area contributed by atoms with Crippen LogP contribution in [0.15, 0.2) is 0 Å². The molecule has 5 heteroatoms. The van der Waals surface area contributed by atoms with Crippen molar-refractivity contribution in [1.29, 1.82) is 0 Å². The Kier molecular flexibility index (Phi) is 228. The monoisotopic (exact) mass is 118 g/mol. The third-order valence-corrected chi connectivity index (χ3v) is 0. The molecule has 0 aliphatic carbocycles. The van der Waals surface area contributed by atoms with E-state index in [-0.39, 0.29) is 44.0 Å². The van der Waals surface area contributed by atoms with Gasteiger partial charge in [0.1, 0.15) is 0 Å². The number of rotatable bonds is 0. The molecule has 5 heavy (non-hydrogen) atoms. The molecule has 0 aromatic carbocycles. The average Bonchev–Trinajstić information content (AvgIpc) is 1.50. The second kappa shape index (κ2) is 69.3. The predicted octanol–water partition coefficient (Wildman–Crippen LogP) is -5.13. The van der Waals surface area contributed by atoms with Crippen molar-refractivity contribution in [1.82, 2.24) is 0 Å². The molecule has 0 fully saturated rings. The summed E-state index contributed by atoms with van der Waals surface area (Å²) in [6, 6.07) is 0. The molecule has 0 rings (SSSR count). The van der Waals surface area contributed by atoms with Crippen LogP contribution in [-0.2, 0) is 0 Å². The van der Waals surface area contributed by atoms with E-state index in [1.54, 1.807) is 0 Å². The minimum atomic E-state index is 0. The standard InChI is InChI=1S/Mg.2H3OSi/c;2*1-2/h;2*2H3/q+2;2*-1. The Hall–Kier alpha value is 1.12. The summed E-state index contributed by atoms with van der Waals surface area (Å²) >= 11 is 0. The molecule has 0 saturated carbocycles.